The maximum Gasteiger partial charge on any atom is 0.220 e. The van der Waals surface area contributed by atoms with Gasteiger partial charge in [-0.1, -0.05) is 27.7 Å². The van der Waals surface area contributed by atoms with Gasteiger partial charge in [-0.3, -0.25) is 19.2 Å². The lowest BCUT2D eigenvalue weighted by atomic mass is 10.1. The van der Waals surface area contributed by atoms with Gasteiger partial charge in [-0.15, -0.1) is 0 Å². The van der Waals surface area contributed by atoms with Crippen molar-refractivity contribution in [3.63, 3.8) is 0 Å². The molecule has 0 aromatic carbocycles. The molecule has 6 nitrogen and oxygen atoms in total. The van der Waals surface area contributed by atoms with E-state index < -0.39 is 0 Å². The van der Waals surface area contributed by atoms with Crippen molar-refractivity contribution in [2.24, 2.45) is 11.8 Å². The van der Waals surface area contributed by atoms with Crippen molar-refractivity contribution in [1.29, 1.82) is 0 Å². The molecule has 0 aliphatic carbocycles. The van der Waals surface area contributed by atoms with E-state index in [2.05, 4.69) is 10.6 Å². The molecule has 2 amide bonds. The van der Waals surface area contributed by atoms with Gasteiger partial charge in [0.25, 0.3) is 0 Å². The lowest BCUT2D eigenvalue weighted by Gasteiger charge is -2.08. The van der Waals surface area contributed by atoms with Gasteiger partial charge in [0.05, 0.1) is 13.1 Å². The number of Topliss-reactive ketones (excluding diaryl/α,β-unsaturated/α-hetero) is 2. The smallest absolute Gasteiger partial charge is 0.220 e. The average Bonchev–Trinajstić information content (AvgIpc) is 2.39. The highest BCUT2D eigenvalue weighted by atomic mass is 16.2. The Labute approximate surface area is 119 Å². The van der Waals surface area contributed by atoms with Crippen LogP contribution in [0.5, 0.6) is 0 Å². The van der Waals surface area contributed by atoms with Gasteiger partial charge in [0, 0.05) is 24.7 Å². The third-order valence-corrected chi connectivity index (χ3v) is 2.79. The molecule has 0 rings (SSSR count). The quantitative estimate of drug-likeness (QED) is 0.643. The maximum absolute atomic E-state index is 11.4. The number of rotatable bonds is 9. The van der Waals surface area contributed by atoms with Gasteiger partial charge >= 0.3 is 0 Å². The molecular weight excluding hydrogens is 260 g/mol. The molecule has 0 aliphatic heterocycles. The normalized spacial score (nSPS) is 10.5. The van der Waals surface area contributed by atoms with Crippen LogP contribution in [0.2, 0.25) is 0 Å². The van der Waals surface area contributed by atoms with Crippen molar-refractivity contribution >= 4 is 23.4 Å². The molecule has 0 unspecified atom stereocenters. The first kappa shape index (κ1) is 18.3. The fraction of sp³-hybridized carbons (Fsp3) is 0.714. The average molecular weight is 284 g/mol. The fourth-order valence-electron chi connectivity index (χ4n) is 1.18. The monoisotopic (exact) mass is 284 g/mol. The van der Waals surface area contributed by atoms with Crippen molar-refractivity contribution in [2.45, 2.75) is 40.5 Å². The Hall–Kier alpha value is -1.72. The lowest BCUT2D eigenvalue weighted by Crippen LogP contribution is -2.34. The molecule has 0 saturated carbocycles. The van der Waals surface area contributed by atoms with Crippen LogP contribution < -0.4 is 10.6 Å². The lowest BCUT2D eigenvalue weighted by molar-refractivity contribution is -0.129. The molecule has 0 aliphatic rings. The summed E-state index contributed by atoms with van der Waals surface area (Å²) in [5.74, 6) is -1.04. The van der Waals surface area contributed by atoms with Gasteiger partial charge in [-0.2, -0.15) is 0 Å². The van der Waals surface area contributed by atoms with Gasteiger partial charge < -0.3 is 10.6 Å². The van der Waals surface area contributed by atoms with E-state index in [1.54, 1.807) is 27.7 Å². The van der Waals surface area contributed by atoms with E-state index in [1.165, 1.54) is 0 Å². The Morgan fingerprint density at radius 2 is 1.00 bits per heavy atom. The number of hydrogen-bond donors (Lipinski definition) is 2. The topological polar surface area (TPSA) is 92.3 Å². The maximum atomic E-state index is 11.4. The largest absolute Gasteiger partial charge is 0.349 e. The van der Waals surface area contributed by atoms with Crippen molar-refractivity contribution in [3.8, 4) is 0 Å². The summed E-state index contributed by atoms with van der Waals surface area (Å²) in [6, 6.07) is 0. The van der Waals surface area contributed by atoms with Crippen LogP contribution in [0.15, 0.2) is 0 Å². The molecule has 0 aromatic rings. The Balaban J connectivity index is 3.81. The van der Waals surface area contributed by atoms with Crippen LogP contribution in [0.3, 0.4) is 0 Å². The Morgan fingerprint density at radius 1 is 0.700 bits per heavy atom. The van der Waals surface area contributed by atoms with Gasteiger partial charge in [0.15, 0.2) is 11.6 Å². The summed E-state index contributed by atoms with van der Waals surface area (Å²) in [6.07, 6.45) is 0.0140. The predicted octanol–water partition coefficient (Wildman–Crippen LogP) is 0.449. The first-order valence-corrected chi connectivity index (χ1v) is 6.82. The second kappa shape index (κ2) is 9.23. The zero-order valence-corrected chi connectivity index (χ0v) is 12.6. The first-order chi connectivity index (χ1) is 9.23. The molecule has 2 N–H and O–H groups in total. The highest BCUT2D eigenvalue weighted by molar-refractivity contribution is 5.90. The second-order valence-corrected chi connectivity index (χ2v) is 5.30. The molecular formula is C14H24N2O4. The molecule has 114 valence electrons. The Kier molecular flexibility index (Phi) is 8.43. The van der Waals surface area contributed by atoms with E-state index >= 15 is 0 Å². The molecule has 0 bridgehead atoms. The van der Waals surface area contributed by atoms with Crippen LogP contribution in [-0.4, -0.2) is 36.5 Å². The first-order valence-electron chi connectivity index (χ1n) is 6.82. The Bertz CT molecular complexity index is 339. The van der Waals surface area contributed by atoms with Crippen LogP contribution in [-0.2, 0) is 19.2 Å². The van der Waals surface area contributed by atoms with Crippen LogP contribution in [0.4, 0.5) is 0 Å². The van der Waals surface area contributed by atoms with Crippen LogP contribution in [0.1, 0.15) is 40.5 Å². The molecule has 0 spiro atoms. The van der Waals surface area contributed by atoms with Gasteiger partial charge in [0.1, 0.15) is 0 Å². The zero-order chi connectivity index (χ0) is 15.7. The SMILES string of the molecule is CC(C)C(=O)CNC(=O)CCC(=O)NCC(=O)C(C)C. The molecule has 0 radical (unpaired) electrons. The van der Waals surface area contributed by atoms with Gasteiger partial charge in [-0.05, 0) is 0 Å². The summed E-state index contributed by atoms with van der Waals surface area (Å²) in [4.78, 5) is 45.4. The van der Waals surface area contributed by atoms with E-state index in [-0.39, 0.29) is 61.1 Å². The summed E-state index contributed by atoms with van der Waals surface area (Å²) in [6.45, 7) is 7.01. The summed E-state index contributed by atoms with van der Waals surface area (Å²) in [7, 11) is 0. The van der Waals surface area contributed by atoms with E-state index in [4.69, 9.17) is 0 Å². The highest BCUT2D eigenvalue weighted by Gasteiger charge is 2.12. The van der Waals surface area contributed by atoms with E-state index in [0.717, 1.165) is 0 Å². The minimum Gasteiger partial charge on any atom is -0.349 e. The molecule has 0 aromatic heterocycles. The number of ketones is 2. The van der Waals surface area contributed by atoms with Crippen LogP contribution >= 0.6 is 0 Å². The molecule has 0 atom stereocenters. The minimum absolute atomic E-state index is 0.00702. The summed E-state index contributed by atoms with van der Waals surface area (Å²) >= 11 is 0. The molecule has 0 saturated heterocycles. The summed E-state index contributed by atoms with van der Waals surface area (Å²) in [5.41, 5.74) is 0. The fourth-order valence-corrected chi connectivity index (χ4v) is 1.18. The van der Waals surface area contributed by atoms with Crippen molar-refractivity contribution in [3.05, 3.63) is 0 Å². The molecule has 20 heavy (non-hydrogen) atoms. The third kappa shape index (κ3) is 8.39. The standard InChI is InChI=1S/C14H24N2O4/c1-9(2)11(17)7-15-13(19)5-6-14(20)16-8-12(18)10(3)4/h9-10H,5-8H2,1-4H3,(H,15,19)(H,16,20). The predicted molar refractivity (Wildman–Crippen MR) is 74.9 cm³/mol. The molecule has 0 fully saturated rings. The van der Waals surface area contributed by atoms with Gasteiger partial charge in [0.2, 0.25) is 11.8 Å². The van der Waals surface area contributed by atoms with E-state index in [0.29, 0.717) is 0 Å². The Morgan fingerprint density at radius 3 is 1.25 bits per heavy atom. The van der Waals surface area contributed by atoms with Crippen molar-refractivity contribution < 1.29 is 19.2 Å². The number of carbonyl (C=O) groups excluding carboxylic acids is 4. The number of nitrogens with one attached hydrogen (secondary N) is 2. The number of hydrogen-bond acceptors (Lipinski definition) is 4. The minimum atomic E-state index is -0.343. The van der Waals surface area contributed by atoms with Crippen molar-refractivity contribution in [2.75, 3.05) is 13.1 Å². The van der Waals surface area contributed by atoms with E-state index in [9.17, 15) is 19.2 Å². The number of carbonyl (C=O) groups is 4. The third-order valence-electron chi connectivity index (χ3n) is 2.79. The molecule has 0 heterocycles. The van der Waals surface area contributed by atoms with Crippen LogP contribution in [0.25, 0.3) is 0 Å². The molecule has 6 heteroatoms. The second-order valence-electron chi connectivity index (χ2n) is 5.30. The zero-order valence-electron chi connectivity index (χ0n) is 12.6. The number of amides is 2. The summed E-state index contributed by atoms with van der Waals surface area (Å²) in [5, 5.41) is 4.93. The van der Waals surface area contributed by atoms with Crippen molar-refractivity contribution in [1.82, 2.24) is 10.6 Å². The van der Waals surface area contributed by atoms with Crippen LogP contribution in [0, 0.1) is 11.8 Å². The summed E-state index contributed by atoms with van der Waals surface area (Å²) < 4.78 is 0. The van der Waals surface area contributed by atoms with E-state index in [1.807, 2.05) is 0 Å². The highest BCUT2D eigenvalue weighted by Crippen LogP contribution is 1.95. The van der Waals surface area contributed by atoms with Gasteiger partial charge in [-0.25, -0.2) is 0 Å².